The molecule has 0 heterocycles. The highest BCUT2D eigenvalue weighted by atomic mass is 16.4. The summed E-state index contributed by atoms with van der Waals surface area (Å²) >= 11 is 0. The molecule has 4 unspecified atom stereocenters. The lowest BCUT2D eigenvalue weighted by Crippen LogP contribution is -2.20. The molecule has 0 aromatic rings. The van der Waals surface area contributed by atoms with E-state index >= 15 is 0 Å². The molecule has 0 bridgehead atoms. The van der Waals surface area contributed by atoms with E-state index in [4.69, 9.17) is 5.11 Å². The second-order valence-electron chi connectivity index (χ2n) is 4.62. The molecule has 0 amide bonds. The molecule has 1 N–H and O–H groups in total. The molecule has 3 aliphatic carbocycles. The first kappa shape index (κ1) is 7.60. The Balaban J connectivity index is 1.83. The summed E-state index contributed by atoms with van der Waals surface area (Å²) in [7, 11) is 0. The van der Waals surface area contributed by atoms with Crippen molar-refractivity contribution >= 4 is 5.97 Å². The standard InChI is InChI=1S/C11H14O2/c12-11(13)10-8-5-6-3-1-2-4-7(6)9(8)10/h5-7,9-10H,1-4H2,(H,12,13). The number of aliphatic carboxylic acids is 1. The van der Waals surface area contributed by atoms with Crippen molar-refractivity contribution in [3.63, 3.8) is 0 Å². The van der Waals surface area contributed by atoms with Crippen molar-refractivity contribution in [2.24, 2.45) is 23.7 Å². The monoisotopic (exact) mass is 178 g/mol. The Kier molecular flexibility index (Phi) is 1.38. The van der Waals surface area contributed by atoms with Gasteiger partial charge in [0.25, 0.3) is 0 Å². The molecule has 2 nitrogen and oxygen atoms in total. The van der Waals surface area contributed by atoms with Gasteiger partial charge in [0.05, 0.1) is 5.92 Å². The lowest BCUT2D eigenvalue weighted by molar-refractivity contribution is -0.138. The highest BCUT2D eigenvalue weighted by Gasteiger charge is 2.58. The van der Waals surface area contributed by atoms with Crippen LogP contribution in [0.1, 0.15) is 25.7 Å². The van der Waals surface area contributed by atoms with Gasteiger partial charge in [0.15, 0.2) is 0 Å². The third kappa shape index (κ3) is 0.917. The van der Waals surface area contributed by atoms with Crippen molar-refractivity contribution < 1.29 is 9.90 Å². The van der Waals surface area contributed by atoms with Gasteiger partial charge in [-0.2, -0.15) is 0 Å². The zero-order valence-electron chi connectivity index (χ0n) is 7.57. The van der Waals surface area contributed by atoms with Crippen LogP contribution in [0.5, 0.6) is 0 Å². The van der Waals surface area contributed by atoms with Crippen LogP contribution in [0.3, 0.4) is 0 Å². The summed E-state index contributed by atoms with van der Waals surface area (Å²) in [5, 5.41) is 8.91. The Morgan fingerprint density at radius 3 is 2.92 bits per heavy atom. The average Bonchev–Trinajstić information content (AvgIpc) is 2.71. The van der Waals surface area contributed by atoms with Gasteiger partial charge in [0.2, 0.25) is 0 Å². The van der Waals surface area contributed by atoms with E-state index in [1.165, 1.54) is 31.3 Å². The van der Waals surface area contributed by atoms with Gasteiger partial charge in [-0.05, 0) is 24.7 Å². The molecule has 13 heavy (non-hydrogen) atoms. The van der Waals surface area contributed by atoms with Crippen LogP contribution in [-0.2, 0) is 4.79 Å². The minimum atomic E-state index is -0.597. The van der Waals surface area contributed by atoms with Crippen LogP contribution >= 0.6 is 0 Å². The fourth-order valence-electron chi connectivity index (χ4n) is 3.40. The van der Waals surface area contributed by atoms with E-state index in [0.29, 0.717) is 11.8 Å². The molecule has 0 spiro atoms. The molecule has 3 rings (SSSR count). The summed E-state index contributed by atoms with van der Waals surface area (Å²) in [5.74, 6) is 1.21. The van der Waals surface area contributed by atoms with Crippen LogP contribution in [0.15, 0.2) is 11.6 Å². The zero-order valence-corrected chi connectivity index (χ0v) is 7.57. The van der Waals surface area contributed by atoms with Gasteiger partial charge in [-0.25, -0.2) is 0 Å². The number of hydrogen-bond acceptors (Lipinski definition) is 1. The van der Waals surface area contributed by atoms with E-state index in [0.717, 1.165) is 5.92 Å². The Morgan fingerprint density at radius 2 is 2.15 bits per heavy atom. The molecule has 0 aromatic carbocycles. The number of carboxylic acids is 1. The molecule has 0 aromatic heterocycles. The summed E-state index contributed by atoms with van der Waals surface area (Å²) in [5.41, 5.74) is 1.25. The van der Waals surface area contributed by atoms with Crippen LogP contribution in [0.4, 0.5) is 0 Å². The highest BCUT2D eigenvalue weighted by Crippen LogP contribution is 2.61. The maximum Gasteiger partial charge on any atom is 0.311 e. The number of carbonyl (C=O) groups is 1. The highest BCUT2D eigenvalue weighted by molar-refractivity contribution is 5.81. The Labute approximate surface area is 77.6 Å². The van der Waals surface area contributed by atoms with Crippen LogP contribution in [0.2, 0.25) is 0 Å². The Hall–Kier alpha value is -0.790. The van der Waals surface area contributed by atoms with Gasteiger partial charge in [-0.3, -0.25) is 4.79 Å². The van der Waals surface area contributed by atoms with Gasteiger partial charge in [0, 0.05) is 5.92 Å². The van der Waals surface area contributed by atoms with Crippen molar-refractivity contribution in [3.8, 4) is 0 Å². The molecule has 3 aliphatic rings. The normalized spacial score (nSPS) is 46.3. The van der Waals surface area contributed by atoms with E-state index in [9.17, 15) is 4.79 Å². The molecule has 2 saturated carbocycles. The van der Waals surface area contributed by atoms with Crippen LogP contribution in [0, 0.1) is 23.7 Å². The second-order valence-corrected chi connectivity index (χ2v) is 4.62. The van der Waals surface area contributed by atoms with Crippen LogP contribution in [0.25, 0.3) is 0 Å². The smallest absolute Gasteiger partial charge is 0.311 e. The molecular weight excluding hydrogens is 164 g/mol. The van der Waals surface area contributed by atoms with E-state index in [-0.39, 0.29) is 5.92 Å². The Morgan fingerprint density at radius 1 is 1.38 bits per heavy atom. The Bertz CT molecular complexity index is 292. The van der Waals surface area contributed by atoms with Crippen molar-refractivity contribution in [1.29, 1.82) is 0 Å². The molecular formula is C11H14O2. The third-order valence-electron chi connectivity index (χ3n) is 4.00. The fraction of sp³-hybridized carbons (Fsp3) is 0.727. The SMILES string of the molecule is O=C(O)C1C2=CC3CCCCC3C21. The first-order valence-electron chi connectivity index (χ1n) is 5.23. The van der Waals surface area contributed by atoms with E-state index in [1.807, 2.05) is 0 Å². The van der Waals surface area contributed by atoms with Crippen molar-refractivity contribution in [2.75, 3.05) is 0 Å². The molecule has 0 aliphatic heterocycles. The number of hydrogen-bond donors (Lipinski definition) is 1. The topological polar surface area (TPSA) is 37.3 Å². The molecule has 70 valence electrons. The first-order chi connectivity index (χ1) is 6.29. The van der Waals surface area contributed by atoms with Crippen LogP contribution < -0.4 is 0 Å². The zero-order chi connectivity index (χ0) is 9.00. The molecule has 2 fully saturated rings. The molecule has 0 radical (unpaired) electrons. The lowest BCUT2D eigenvalue weighted by atomic mass is 9.78. The van der Waals surface area contributed by atoms with Crippen molar-refractivity contribution in [2.45, 2.75) is 25.7 Å². The largest absolute Gasteiger partial charge is 0.481 e. The third-order valence-corrected chi connectivity index (χ3v) is 4.00. The predicted octanol–water partition coefficient (Wildman–Crippen LogP) is 2.06. The summed E-state index contributed by atoms with van der Waals surface area (Å²) in [4.78, 5) is 10.8. The molecule has 4 atom stereocenters. The van der Waals surface area contributed by atoms with Gasteiger partial charge < -0.3 is 5.11 Å². The number of fused-ring (bicyclic) bond motifs is 3. The summed E-state index contributed by atoms with van der Waals surface area (Å²) in [6.45, 7) is 0. The summed E-state index contributed by atoms with van der Waals surface area (Å²) in [6, 6.07) is 0. The van der Waals surface area contributed by atoms with E-state index in [1.54, 1.807) is 0 Å². The van der Waals surface area contributed by atoms with Gasteiger partial charge in [-0.1, -0.05) is 24.5 Å². The maximum absolute atomic E-state index is 10.8. The number of carboxylic acid groups (broad SMARTS) is 1. The second kappa shape index (κ2) is 2.37. The minimum Gasteiger partial charge on any atom is -0.481 e. The summed E-state index contributed by atoms with van der Waals surface area (Å²) < 4.78 is 0. The molecule has 2 heteroatoms. The van der Waals surface area contributed by atoms with E-state index < -0.39 is 5.97 Å². The minimum absolute atomic E-state index is 0.0839. The lowest BCUT2D eigenvalue weighted by Gasteiger charge is -2.26. The average molecular weight is 178 g/mol. The van der Waals surface area contributed by atoms with E-state index in [2.05, 4.69) is 6.08 Å². The van der Waals surface area contributed by atoms with Gasteiger partial charge >= 0.3 is 5.97 Å². The first-order valence-corrected chi connectivity index (χ1v) is 5.23. The van der Waals surface area contributed by atoms with Gasteiger partial charge in [-0.15, -0.1) is 0 Å². The van der Waals surface area contributed by atoms with Crippen molar-refractivity contribution in [3.05, 3.63) is 11.6 Å². The van der Waals surface area contributed by atoms with Crippen LogP contribution in [-0.4, -0.2) is 11.1 Å². The number of rotatable bonds is 1. The van der Waals surface area contributed by atoms with Crippen molar-refractivity contribution in [1.82, 2.24) is 0 Å². The predicted molar refractivity (Wildman–Crippen MR) is 48.1 cm³/mol. The summed E-state index contributed by atoms with van der Waals surface area (Å²) in [6.07, 6.45) is 7.49. The quantitative estimate of drug-likeness (QED) is 0.624. The number of allylic oxidation sites excluding steroid dienone is 1. The fourth-order valence-corrected chi connectivity index (χ4v) is 3.40. The molecule has 0 saturated heterocycles. The maximum atomic E-state index is 10.8. The van der Waals surface area contributed by atoms with Gasteiger partial charge in [0.1, 0.15) is 0 Å².